The second-order valence-corrected chi connectivity index (χ2v) is 6.93. The van der Waals surface area contributed by atoms with Gasteiger partial charge in [0.05, 0.1) is 22.7 Å². The highest BCUT2D eigenvalue weighted by molar-refractivity contribution is 8.00. The lowest BCUT2D eigenvalue weighted by Crippen LogP contribution is -2.49. The van der Waals surface area contributed by atoms with E-state index in [0.717, 1.165) is 21.8 Å². The van der Waals surface area contributed by atoms with E-state index in [1.165, 1.54) is 23.9 Å². The van der Waals surface area contributed by atoms with Crippen molar-refractivity contribution >= 4 is 28.7 Å². The number of aromatic nitrogens is 2. The molecule has 0 atom stereocenters. The van der Waals surface area contributed by atoms with Gasteiger partial charge in [0, 0.05) is 18.0 Å². The summed E-state index contributed by atoms with van der Waals surface area (Å²) < 4.78 is 12.9. The maximum atomic E-state index is 12.9. The third kappa shape index (κ3) is 3.01. The zero-order chi connectivity index (χ0) is 16.5. The smallest absolute Gasteiger partial charge is 0.232 e. The minimum absolute atomic E-state index is 0.108. The maximum Gasteiger partial charge on any atom is 0.232 e. The van der Waals surface area contributed by atoms with Crippen molar-refractivity contribution in [2.24, 2.45) is 0 Å². The lowest BCUT2D eigenvalue weighted by Gasteiger charge is -2.38. The van der Waals surface area contributed by atoms with Crippen molar-refractivity contribution < 1.29 is 9.18 Å². The Morgan fingerprint density at radius 2 is 1.96 bits per heavy atom. The normalized spacial score (nSPS) is 14.8. The molecule has 0 spiro atoms. The number of aromatic amines is 1. The zero-order valence-corrected chi connectivity index (χ0v) is 13.7. The van der Waals surface area contributed by atoms with Gasteiger partial charge < -0.3 is 9.88 Å². The number of thioether (sulfide) groups is 1. The number of para-hydroxylation sites is 2. The first-order chi connectivity index (χ1) is 11.7. The largest absolute Gasteiger partial charge is 0.342 e. The fourth-order valence-electron chi connectivity index (χ4n) is 2.79. The SMILES string of the molecule is O=C(CSc1ccc(F)cc1)N1CC(c2nc3ccccc3[nH]2)C1. The number of imidazole rings is 1. The van der Waals surface area contributed by atoms with Crippen LogP contribution in [0.15, 0.2) is 53.4 Å². The third-order valence-corrected chi connectivity index (χ3v) is 5.20. The van der Waals surface area contributed by atoms with Crippen molar-refractivity contribution in [3.63, 3.8) is 0 Å². The van der Waals surface area contributed by atoms with E-state index in [1.54, 1.807) is 12.1 Å². The van der Waals surface area contributed by atoms with E-state index in [-0.39, 0.29) is 17.6 Å². The van der Waals surface area contributed by atoms with Crippen LogP contribution in [0, 0.1) is 5.82 Å². The van der Waals surface area contributed by atoms with E-state index in [2.05, 4.69) is 9.97 Å². The van der Waals surface area contributed by atoms with Gasteiger partial charge in [0.15, 0.2) is 0 Å². The van der Waals surface area contributed by atoms with Crippen molar-refractivity contribution in [1.82, 2.24) is 14.9 Å². The molecule has 6 heteroatoms. The molecule has 4 rings (SSSR count). The van der Waals surface area contributed by atoms with E-state index >= 15 is 0 Å². The molecule has 1 fully saturated rings. The van der Waals surface area contributed by atoms with Crippen LogP contribution >= 0.6 is 11.8 Å². The highest BCUT2D eigenvalue weighted by Crippen LogP contribution is 2.28. The maximum absolute atomic E-state index is 12.9. The molecular weight excluding hydrogens is 325 g/mol. The highest BCUT2D eigenvalue weighted by Gasteiger charge is 2.33. The third-order valence-electron chi connectivity index (χ3n) is 4.20. The number of hydrogen-bond donors (Lipinski definition) is 1. The van der Waals surface area contributed by atoms with Crippen LogP contribution in [0.4, 0.5) is 4.39 Å². The molecule has 1 amide bonds. The molecule has 0 saturated carbocycles. The van der Waals surface area contributed by atoms with E-state index in [9.17, 15) is 9.18 Å². The second kappa shape index (κ2) is 6.28. The quantitative estimate of drug-likeness (QED) is 0.740. The van der Waals surface area contributed by atoms with Gasteiger partial charge in [-0.15, -0.1) is 11.8 Å². The Labute approximate surface area is 143 Å². The number of fused-ring (bicyclic) bond motifs is 1. The van der Waals surface area contributed by atoms with Crippen molar-refractivity contribution in [3.05, 3.63) is 60.2 Å². The van der Waals surface area contributed by atoms with E-state index in [4.69, 9.17) is 0 Å². The number of nitrogens with zero attached hydrogens (tertiary/aromatic N) is 2. The Hall–Kier alpha value is -2.34. The minimum Gasteiger partial charge on any atom is -0.342 e. The molecule has 122 valence electrons. The number of carbonyl (C=O) groups excluding carboxylic acids is 1. The monoisotopic (exact) mass is 341 g/mol. The van der Waals surface area contributed by atoms with Crippen LogP contribution in [-0.2, 0) is 4.79 Å². The first-order valence-corrected chi connectivity index (χ1v) is 8.78. The van der Waals surface area contributed by atoms with E-state index in [1.807, 2.05) is 29.2 Å². The molecule has 0 bridgehead atoms. The van der Waals surface area contributed by atoms with Gasteiger partial charge in [-0.05, 0) is 36.4 Å². The fourth-order valence-corrected chi connectivity index (χ4v) is 3.59. The Bertz CT molecular complexity index is 838. The molecule has 1 N–H and O–H groups in total. The summed E-state index contributed by atoms with van der Waals surface area (Å²) in [6, 6.07) is 14.1. The number of H-pyrrole nitrogens is 1. The number of amides is 1. The van der Waals surface area contributed by atoms with Gasteiger partial charge in [0.2, 0.25) is 5.91 Å². The first-order valence-electron chi connectivity index (χ1n) is 7.80. The number of rotatable bonds is 4. The Morgan fingerprint density at radius 1 is 1.21 bits per heavy atom. The van der Waals surface area contributed by atoms with E-state index in [0.29, 0.717) is 18.8 Å². The van der Waals surface area contributed by atoms with Gasteiger partial charge in [-0.25, -0.2) is 9.37 Å². The number of hydrogen-bond acceptors (Lipinski definition) is 3. The van der Waals surface area contributed by atoms with Crippen LogP contribution in [-0.4, -0.2) is 39.6 Å². The molecule has 1 saturated heterocycles. The molecule has 0 unspecified atom stereocenters. The molecule has 1 aliphatic rings. The van der Waals surface area contributed by atoms with Gasteiger partial charge >= 0.3 is 0 Å². The predicted octanol–water partition coefficient (Wildman–Crippen LogP) is 3.42. The standard InChI is InChI=1S/C18H16FN3OS/c19-13-5-7-14(8-6-13)24-11-17(23)22-9-12(10-22)18-20-15-3-1-2-4-16(15)21-18/h1-8,12H,9-11H2,(H,20,21). The summed E-state index contributed by atoms with van der Waals surface area (Å²) in [5, 5.41) is 0. The topological polar surface area (TPSA) is 49.0 Å². The van der Waals surface area contributed by atoms with Crippen LogP contribution in [0.3, 0.4) is 0 Å². The Kier molecular flexibility index (Phi) is 3.98. The predicted molar refractivity (Wildman–Crippen MR) is 92.5 cm³/mol. The molecule has 1 aromatic heterocycles. The van der Waals surface area contributed by atoms with E-state index < -0.39 is 0 Å². The van der Waals surface area contributed by atoms with Crippen molar-refractivity contribution in [1.29, 1.82) is 0 Å². The number of likely N-dealkylation sites (tertiary alicyclic amines) is 1. The van der Waals surface area contributed by atoms with Crippen molar-refractivity contribution in [2.75, 3.05) is 18.8 Å². The number of benzene rings is 2. The Balaban J connectivity index is 1.31. The van der Waals surface area contributed by atoms with Gasteiger partial charge in [0.25, 0.3) is 0 Å². The number of halogens is 1. The first kappa shape index (κ1) is 15.2. The average molecular weight is 341 g/mol. The second-order valence-electron chi connectivity index (χ2n) is 5.88. The molecule has 2 aromatic carbocycles. The number of carbonyl (C=O) groups is 1. The molecule has 0 radical (unpaired) electrons. The van der Waals surface area contributed by atoms with Gasteiger partial charge in [-0.1, -0.05) is 12.1 Å². The lowest BCUT2D eigenvalue weighted by atomic mass is 10.00. The summed E-state index contributed by atoms with van der Waals surface area (Å²) in [6.07, 6.45) is 0. The summed E-state index contributed by atoms with van der Waals surface area (Å²) in [5.41, 5.74) is 1.99. The summed E-state index contributed by atoms with van der Waals surface area (Å²) in [4.78, 5) is 22.9. The summed E-state index contributed by atoms with van der Waals surface area (Å²) in [7, 11) is 0. The fraction of sp³-hybridized carbons (Fsp3) is 0.222. The molecular formula is C18H16FN3OS. The Morgan fingerprint density at radius 3 is 2.71 bits per heavy atom. The van der Waals surface area contributed by atoms with Crippen LogP contribution < -0.4 is 0 Å². The van der Waals surface area contributed by atoms with Gasteiger partial charge in [-0.2, -0.15) is 0 Å². The van der Waals surface area contributed by atoms with Gasteiger partial charge in [-0.3, -0.25) is 4.79 Å². The summed E-state index contributed by atoms with van der Waals surface area (Å²) >= 11 is 1.43. The lowest BCUT2D eigenvalue weighted by molar-refractivity contribution is -0.132. The molecule has 4 nitrogen and oxygen atoms in total. The van der Waals surface area contributed by atoms with Crippen molar-refractivity contribution in [3.8, 4) is 0 Å². The van der Waals surface area contributed by atoms with Crippen LogP contribution in [0.5, 0.6) is 0 Å². The minimum atomic E-state index is -0.262. The molecule has 24 heavy (non-hydrogen) atoms. The molecule has 2 heterocycles. The van der Waals surface area contributed by atoms with Crippen LogP contribution in [0.25, 0.3) is 11.0 Å². The molecule has 0 aliphatic carbocycles. The molecule has 3 aromatic rings. The molecule has 1 aliphatic heterocycles. The zero-order valence-electron chi connectivity index (χ0n) is 12.9. The van der Waals surface area contributed by atoms with Crippen LogP contribution in [0.1, 0.15) is 11.7 Å². The van der Waals surface area contributed by atoms with Crippen molar-refractivity contribution in [2.45, 2.75) is 10.8 Å². The van der Waals surface area contributed by atoms with Crippen LogP contribution in [0.2, 0.25) is 0 Å². The summed E-state index contributed by atoms with van der Waals surface area (Å²) in [6.45, 7) is 1.39. The number of nitrogens with one attached hydrogen (secondary N) is 1. The summed E-state index contributed by atoms with van der Waals surface area (Å²) in [5.74, 6) is 1.45. The highest BCUT2D eigenvalue weighted by atomic mass is 32.2. The van der Waals surface area contributed by atoms with Gasteiger partial charge in [0.1, 0.15) is 11.6 Å². The average Bonchev–Trinajstić information content (AvgIpc) is 2.96.